The van der Waals surface area contributed by atoms with Crippen LogP contribution in [-0.4, -0.2) is 0 Å². The van der Waals surface area contributed by atoms with E-state index in [-0.39, 0.29) is 0 Å². The summed E-state index contributed by atoms with van der Waals surface area (Å²) in [5.41, 5.74) is 25.1. The Labute approximate surface area is 403 Å². The fourth-order valence-electron chi connectivity index (χ4n) is 12.6. The van der Waals surface area contributed by atoms with Crippen molar-refractivity contribution >= 4 is 17.1 Å². The Morgan fingerprint density at radius 1 is 0.232 bits per heavy atom. The van der Waals surface area contributed by atoms with E-state index in [1.807, 2.05) is 0 Å². The summed E-state index contributed by atoms with van der Waals surface area (Å²) < 4.78 is 0. The second kappa shape index (κ2) is 15.4. The topological polar surface area (TPSA) is 3.24 Å². The van der Waals surface area contributed by atoms with E-state index in [2.05, 4.69) is 278 Å². The monoisotopic (exact) mass is 875 g/mol. The fraction of sp³-hybridized carbons (Fsp3) is 0.0294. The maximum atomic E-state index is 2.54. The lowest BCUT2D eigenvalue weighted by molar-refractivity contribution is 0.768. The first-order valence-corrected chi connectivity index (χ1v) is 24.1. The van der Waals surface area contributed by atoms with Crippen molar-refractivity contribution in [1.82, 2.24) is 0 Å². The van der Waals surface area contributed by atoms with Gasteiger partial charge in [-0.05, 0) is 131 Å². The summed E-state index contributed by atoms with van der Waals surface area (Å²) in [7, 11) is 0. The molecule has 0 amide bonds. The summed E-state index contributed by atoms with van der Waals surface area (Å²) in [5, 5.41) is 0. The number of hydrogen-bond donors (Lipinski definition) is 0. The molecule has 14 rings (SSSR count). The second-order valence-electron chi connectivity index (χ2n) is 18.7. The van der Waals surface area contributed by atoms with Gasteiger partial charge >= 0.3 is 0 Å². The zero-order valence-electron chi connectivity index (χ0n) is 37.9. The minimum atomic E-state index is -0.608. The van der Waals surface area contributed by atoms with Crippen LogP contribution in [0.15, 0.2) is 273 Å². The molecule has 0 atom stereocenters. The lowest BCUT2D eigenvalue weighted by atomic mass is 9.67. The average molecular weight is 876 g/mol. The molecule has 11 aromatic rings. The van der Waals surface area contributed by atoms with E-state index in [1.165, 1.54) is 100 Å². The average Bonchev–Trinajstić information content (AvgIpc) is 4.02. The third-order valence-corrected chi connectivity index (χ3v) is 15.4. The highest BCUT2D eigenvalue weighted by Gasteiger charge is 2.53. The van der Waals surface area contributed by atoms with Gasteiger partial charge in [0.1, 0.15) is 0 Å². The van der Waals surface area contributed by atoms with Gasteiger partial charge < -0.3 is 4.90 Å². The van der Waals surface area contributed by atoms with Gasteiger partial charge in [-0.1, -0.05) is 237 Å². The lowest BCUT2D eigenvalue weighted by Crippen LogP contribution is -2.29. The Kier molecular flexibility index (Phi) is 8.78. The van der Waals surface area contributed by atoms with E-state index >= 15 is 0 Å². The fourth-order valence-corrected chi connectivity index (χ4v) is 12.6. The van der Waals surface area contributed by atoms with Crippen LogP contribution < -0.4 is 4.90 Å². The van der Waals surface area contributed by atoms with Crippen molar-refractivity contribution in [2.45, 2.75) is 10.8 Å². The van der Waals surface area contributed by atoms with Gasteiger partial charge in [0.05, 0.1) is 16.5 Å². The van der Waals surface area contributed by atoms with Crippen molar-refractivity contribution in [2.75, 3.05) is 4.90 Å². The summed E-state index contributed by atoms with van der Waals surface area (Å²) in [5.74, 6) is 0. The van der Waals surface area contributed by atoms with Crippen molar-refractivity contribution in [3.63, 3.8) is 0 Å². The molecule has 0 aliphatic heterocycles. The molecule has 0 saturated heterocycles. The molecule has 3 aliphatic rings. The quantitative estimate of drug-likeness (QED) is 0.154. The molecule has 322 valence electrons. The Bertz CT molecular complexity index is 3680. The molecule has 1 heteroatoms. The van der Waals surface area contributed by atoms with Crippen molar-refractivity contribution in [2.24, 2.45) is 0 Å². The predicted molar refractivity (Wildman–Crippen MR) is 286 cm³/mol. The molecule has 0 saturated carbocycles. The van der Waals surface area contributed by atoms with Crippen LogP contribution in [0.25, 0.3) is 55.6 Å². The van der Waals surface area contributed by atoms with E-state index < -0.39 is 10.8 Å². The van der Waals surface area contributed by atoms with Gasteiger partial charge in [-0.15, -0.1) is 0 Å². The number of hydrogen-bond acceptors (Lipinski definition) is 1. The SMILES string of the molecule is c1ccc(-c2ccc(N(c3ccc4c(c3)C(c3ccccc3)(c3ccccc3)c3cc(-c5ccccc5)ccc3-4)c3cccc4c3-c3ccccc3C43c4ccccc4-c4ccccc43)cc2)cc1. The van der Waals surface area contributed by atoms with E-state index in [0.717, 1.165) is 17.1 Å². The Morgan fingerprint density at radius 3 is 1.23 bits per heavy atom. The largest absolute Gasteiger partial charge is 0.310 e. The molecule has 69 heavy (non-hydrogen) atoms. The van der Waals surface area contributed by atoms with Crippen LogP contribution in [0.3, 0.4) is 0 Å². The first-order valence-electron chi connectivity index (χ1n) is 24.1. The van der Waals surface area contributed by atoms with E-state index in [9.17, 15) is 0 Å². The van der Waals surface area contributed by atoms with E-state index in [0.29, 0.717) is 0 Å². The van der Waals surface area contributed by atoms with Crippen LogP contribution in [0.5, 0.6) is 0 Å². The highest BCUT2D eigenvalue weighted by molar-refractivity contribution is 6.02. The van der Waals surface area contributed by atoms with Crippen LogP contribution in [-0.2, 0) is 10.8 Å². The number of anilines is 3. The van der Waals surface area contributed by atoms with Gasteiger partial charge in [0.25, 0.3) is 0 Å². The second-order valence-corrected chi connectivity index (χ2v) is 18.7. The smallest absolute Gasteiger partial charge is 0.0726 e. The molecule has 1 nitrogen and oxygen atoms in total. The van der Waals surface area contributed by atoms with Crippen molar-refractivity contribution < 1.29 is 0 Å². The third-order valence-electron chi connectivity index (χ3n) is 15.4. The number of benzene rings is 11. The first-order chi connectivity index (χ1) is 34.2. The first kappa shape index (κ1) is 39.4. The van der Waals surface area contributed by atoms with Crippen LogP contribution in [0.4, 0.5) is 17.1 Å². The number of fused-ring (bicyclic) bond motifs is 13. The molecule has 0 unspecified atom stereocenters. The van der Waals surface area contributed by atoms with Crippen molar-refractivity contribution in [1.29, 1.82) is 0 Å². The Hall–Kier alpha value is -8.78. The summed E-state index contributed by atoms with van der Waals surface area (Å²) in [6.07, 6.45) is 0. The zero-order chi connectivity index (χ0) is 45.5. The highest BCUT2D eigenvalue weighted by Crippen LogP contribution is 2.65. The van der Waals surface area contributed by atoms with Crippen LogP contribution in [0.2, 0.25) is 0 Å². The number of rotatable bonds is 7. The molecule has 0 bridgehead atoms. The molecule has 0 aromatic heterocycles. The molecule has 0 heterocycles. The van der Waals surface area contributed by atoms with Gasteiger partial charge in [-0.3, -0.25) is 0 Å². The summed E-state index contributed by atoms with van der Waals surface area (Å²) in [6.45, 7) is 0. The van der Waals surface area contributed by atoms with Crippen LogP contribution >= 0.6 is 0 Å². The highest BCUT2D eigenvalue weighted by atomic mass is 15.1. The molecule has 11 aromatic carbocycles. The van der Waals surface area contributed by atoms with E-state index in [1.54, 1.807) is 0 Å². The molecule has 0 fully saturated rings. The maximum Gasteiger partial charge on any atom is 0.0726 e. The van der Waals surface area contributed by atoms with Gasteiger partial charge in [0.15, 0.2) is 0 Å². The molecule has 0 N–H and O–H groups in total. The standard InChI is InChI=1S/C68H45N/c1-5-20-46(21-6-1)48-36-39-52(40-37-48)69(65-35-19-34-62-66(65)58-30-15-18-33-61(58)68(62)59-31-16-13-28-54(59)55-29-14-17-32-60(55)68)53-41-43-57-56-42-38-49(47-22-7-2-8-23-47)44-63(56)67(64(57)45-53,50-24-9-3-10-25-50)51-26-11-4-12-27-51/h1-45H. The third kappa shape index (κ3) is 5.59. The van der Waals surface area contributed by atoms with Gasteiger partial charge in [0.2, 0.25) is 0 Å². The molecule has 1 spiro atoms. The van der Waals surface area contributed by atoms with Crippen molar-refractivity contribution in [3.05, 3.63) is 317 Å². The van der Waals surface area contributed by atoms with Gasteiger partial charge in [-0.2, -0.15) is 0 Å². The minimum Gasteiger partial charge on any atom is -0.310 e. The van der Waals surface area contributed by atoms with Gasteiger partial charge in [-0.25, -0.2) is 0 Å². The minimum absolute atomic E-state index is 0.468. The predicted octanol–water partition coefficient (Wildman–Crippen LogP) is 17.2. The molecule has 3 aliphatic carbocycles. The van der Waals surface area contributed by atoms with Crippen LogP contribution in [0.1, 0.15) is 44.5 Å². The van der Waals surface area contributed by atoms with Crippen molar-refractivity contribution in [3.8, 4) is 55.6 Å². The molecule has 0 radical (unpaired) electrons. The molecular formula is C68H45N. The Balaban J connectivity index is 1.05. The zero-order valence-corrected chi connectivity index (χ0v) is 37.9. The summed E-state index contributed by atoms with van der Waals surface area (Å²) >= 11 is 0. The van der Waals surface area contributed by atoms with Crippen LogP contribution in [0, 0.1) is 0 Å². The summed E-state index contributed by atoms with van der Waals surface area (Å²) in [4.78, 5) is 2.54. The van der Waals surface area contributed by atoms with Gasteiger partial charge in [0, 0.05) is 16.9 Å². The Morgan fingerprint density at radius 2 is 0.638 bits per heavy atom. The normalized spacial score (nSPS) is 13.7. The lowest BCUT2D eigenvalue weighted by Gasteiger charge is -2.35. The maximum absolute atomic E-state index is 2.54. The number of nitrogens with zero attached hydrogens (tertiary/aromatic N) is 1. The summed E-state index contributed by atoms with van der Waals surface area (Å²) in [6, 6.07) is 102. The van der Waals surface area contributed by atoms with E-state index in [4.69, 9.17) is 0 Å². The molecular weight excluding hydrogens is 831 g/mol.